The Balaban J connectivity index is 1.87. The van der Waals surface area contributed by atoms with Crippen molar-refractivity contribution < 1.29 is 0 Å². The molecule has 0 radical (unpaired) electrons. The first-order valence-electron chi connectivity index (χ1n) is 6.78. The second kappa shape index (κ2) is 5.85. The van der Waals surface area contributed by atoms with Crippen LogP contribution in [0.4, 0.5) is 0 Å². The number of nitrogens with zero attached hydrogens (tertiary/aromatic N) is 3. The normalized spacial score (nSPS) is 25.1. The Labute approximate surface area is 109 Å². The van der Waals surface area contributed by atoms with Crippen LogP contribution in [0.15, 0.2) is 0 Å². The molecule has 96 valence electrons. The first kappa shape index (κ1) is 12.9. The van der Waals surface area contributed by atoms with Crippen LogP contribution in [0, 0.1) is 11.8 Å². The lowest BCUT2D eigenvalue weighted by Crippen LogP contribution is -2.15. The molecule has 0 unspecified atom stereocenters. The number of aryl methyl sites for hydroxylation is 1. The topological polar surface area (TPSA) is 30.7 Å². The van der Waals surface area contributed by atoms with E-state index in [1.54, 1.807) is 0 Å². The summed E-state index contributed by atoms with van der Waals surface area (Å²) in [6.45, 7) is 5.44. The first-order chi connectivity index (χ1) is 8.20. The average molecular weight is 256 g/mol. The average Bonchev–Trinajstić information content (AvgIpc) is 2.69. The highest BCUT2D eigenvalue weighted by Gasteiger charge is 2.19. The highest BCUT2D eigenvalue weighted by molar-refractivity contribution is 6.28. The van der Waals surface area contributed by atoms with Crippen LogP contribution >= 0.6 is 11.6 Å². The van der Waals surface area contributed by atoms with E-state index in [9.17, 15) is 0 Å². The van der Waals surface area contributed by atoms with Crippen molar-refractivity contribution >= 4 is 11.6 Å². The minimum atomic E-state index is 0.547. The fourth-order valence-corrected chi connectivity index (χ4v) is 2.95. The molecule has 1 fully saturated rings. The maximum absolute atomic E-state index is 6.05. The van der Waals surface area contributed by atoms with Gasteiger partial charge >= 0.3 is 0 Å². The second-order valence-electron chi connectivity index (χ2n) is 5.31. The van der Waals surface area contributed by atoms with Crippen LogP contribution in [0.2, 0.25) is 5.28 Å². The van der Waals surface area contributed by atoms with Crippen molar-refractivity contribution in [3.63, 3.8) is 0 Å². The van der Waals surface area contributed by atoms with E-state index in [0.29, 0.717) is 5.28 Å². The zero-order valence-corrected chi connectivity index (χ0v) is 11.6. The summed E-state index contributed by atoms with van der Waals surface area (Å²) in [5.41, 5.74) is 0. The number of halogens is 1. The predicted octanol–water partition coefficient (Wildman–Crippen LogP) is 3.71. The van der Waals surface area contributed by atoms with Crippen molar-refractivity contribution in [1.82, 2.24) is 14.8 Å². The minimum absolute atomic E-state index is 0.547. The molecule has 1 aromatic heterocycles. The molecule has 1 aliphatic carbocycles. The number of hydrogen-bond acceptors (Lipinski definition) is 2. The van der Waals surface area contributed by atoms with Gasteiger partial charge in [0.05, 0.1) is 0 Å². The van der Waals surface area contributed by atoms with Crippen LogP contribution in [-0.2, 0) is 13.0 Å². The third kappa shape index (κ3) is 3.21. The summed E-state index contributed by atoms with van der Waals surface area (Å²) in [6, 6.07) is 0. The third-order valence-electron chi connectivity index (χ3n) is 3.99. The summed E-state index contributed by atoms with van der Waals surface area (Å²) < 4.78 is 2.07. The van der Waals surface area contributed by atoms with Gasteiger partial charge in [-0.3, -0.25) is 0 Å². The Bertz CT molecular complexity index is 354. The highest BCUT2D eigenvalue weighted by atomic mass is 35.5. The maximum atomic E-state index is 6.05. The molecular weight excluding hydrogens is 234 g/mol. The van der Waals surface area contributed by atoms with E-state index in [1.165, 1.54) is 32.1 Å². The van der Waals surface area contributed by atoms with Gasteiger partial charge in [-0.25, -0.2) is 0 Å². The molecule has 4 heteroatoms. The van der Waals surface area contributed by atoms with Crippen molar-refractivity contribution in [2.45, 2.75) is 58.9 Å². The Morgan fingerprint density at radius 2 is 1.94 bits per heavy atom. The molecule has 1 aromatic rings. The second-order valence-corrected chi connectivity index (χ2v) is 5.64. The Morgan fingerprint density at radius 1 is 1.24 bits per heavy atom. The zero-order valence-electron chi connectivity index (χ0n) is 10.8. The van der Waals surface area contributed by atoms with E-state index in [2.05, 4.69) is 28.6 Å². The quantitative estimate of drug-likeness (QED) is 0.821. The summed E-state index contributed by atoms with van der Waals surface area (Å²) >= 11 is 6.05. The Kier molecular flexibility index (Phi) is 4.43. The van der Waals surface area contributed by atoms with Crippen LogP contribution in [0.25, 0.3) is 0 Å². The van der Waals surface area contributed by atoms with Gasteiger partial charge in [-0.15, -0.1) is 10.2 Å². The third-order valence-corrected chi connectivity index (χ3v) is 4.27. The monoisotopic (exact) mass is 255 g/mol. The number of aromatic nitrogens is 3. The van der Waals surface area contributed by atoms with Crippen LogP contribution in [-0.4, -0.2) is 14.8 Å². The van der Waals surface area contributed by atoms with Crippen molar-refractivity contribution in [1.29, 1.82) is 0 Å². The van der Waals surface area contributed by atoms with Crippen molar-refractivity contribution in [3.8, 4) is 0 Å². The minimum Gasteiger partial charge on any atom is -0.302 e. The highest BCUT2D eigenvalue weighted by Crippen LogP contribution is 2.30. The summed E-state index contributed by atoms with van der Waals surface area (Å²) in [5, 5.41) is 8.58. The largest absolute Gasteiger partial charge is 0.302 e. The van der Waals surface area contributed by atoms with E-state index in [0.717, 1.165) is 30.6 Å². The van der Waals surface area contributed by atoms with Gasteiger partial charge in [0, 0.05) is 13.0 Å². The SMILES string of the molecule is CCc1nnc(Cl)n1CCC1CCC(C)CC1. The van der Waals surface area contributed by atoms with Gasteiger partial charge in [0.25, 0.3) is 0 Å². The molecule has 0 N–H and O–H groups in total. The van der Waals surface area contributed by atoms with Gasteiger partial charge in [-0.05, 0) is 29.9 Å². The van der Waals surface area contributed by atoms with Crippen LogP contribution in [0.1, 0.15) is 51.8 Å². The Hall–Kier alpha value is -0.570. The molecule has 0 aliphatic heterocycles. The molecule has 0 atom stereocenters. The van der Waals surface area contributed by atoms with Crippen LogP contribution < -0.4 is 0 Å². The molecule has 1 heterocycles. The van der Waals surface area contributed by atoms with Crippen molar-refractivity contribution in [2.75, 3.05) is 0 Å². The number of rotatable bonds is 4. The summed E-state index contributed by atoms with van der Waals surface area (Å²) in [4.78, 5) is 0. The lowest BCUT2D eigenvalue weighted by atomic mass is 9.81. The molecule has 1 saturated carbocycles. The van der Waals surface area contributed by atoms with Crippen LogP contribution in [0.5, 0.6) is 0 Å². The first-order valence-corrected chi connectivity index (χ1v) is 7.16. The zero-order chi connectivity index (χ0) is 12.3. The van der Waals surface area contributed by atoms with Gasteiger partial charge < -0.3 is 4.57 Å². The summed E-state index contributed by atoms with van der Waals surface area (Å²) in [6.07, 6.45) is 7.66. The van der Waals surface area contributed by atoms with Crippen LogP contribution in [0.3, 0.4) is 0 Å². The van der Waals surface area contributed by atoms with Gasteiger partial charge in [-0.2, -0.15) is 0 Å². The molecule has 0 aromatic carbocycles. The van der Waals surface area contributed by atoms with Gasteiger partial charge in [-0.1, -0.05) is 39.5 Å². The van der Waals surface area contributed by atoms with Gasteiger partial charge in [0.15, 0.2) is 0 Å². The fraction of sp³-hybridized carbons (Fsp3) is 0.846. The molecule has 0 amide bonds. The maximum Gasteiger partial charge on any atom is 0.225 e. The molecule has 0 spiro atoms. The molecule has 3 nitrogen and oxygen atoms in total. The van der Waals surface area contributed by atoms with E-state index in [4.69, 9.17) is 11.6 Å². The lowest BCUT2D eigenvalue weighted by molar-refractivity contribution is 0.268. The molecular formula is C13H22ClN3. The van der Waals surface area contributed by atoms with E-state index < -0.39 is 0 Å². The van der Waals surface area contributed by atoms with E-state index in [1.807, 2.05) is 0 Å². The summed E-state index contributed by atoms with van der Waals surface area (Å²) in [5.74, 6) is 2.81. The van der Waals surface area contributed by atoms with Gasteiger partial charge in [0.2, 0.25) is 5.28 Å². The predicted molar refractivity (Wildman–Crippen MR) is 70.1 cm³/mol. The lowest BCUT2D eigenvalue weighted by Gasteiger charge is -2.26. The smallest absolute Gasteiger partial charge is 0.225 e. The number of hydrogen-bond donors (Lipinski definition) is 0. The van der Waals surface area contributed by atoms with Gasteiger partial charge in [0.1, 0.15) is 5.82 Å². The van der Waals surface area contributed by atoms with E-state index >= 15 is 0 Å². The summed E-state index contributed by atoms with van der Waals surface area (Å²) in [7, 11) is 0. The fourth-order valence-electron chi connectivity index (χ4n) is 2.73. The van der Waals surface area contributed by atoms with Crippen molar-refractivity contribution in [2.24, 2.45) is 11.8 Å². The Morgan fingerprint density at radius 3 is 2.59 bits per heavy atom. The molecule has 17 heavy (non-hydrogen) atoms. The van der Waals surface area contributed by atoms with Crippen molar-refractivity contribution in [3.05, 3.63) is 11.1 Å². The standard InChI is InChI=1S/C13H22ClN3/c1-3-12-15-16-13(14)17(12)9-8-11-6-4-10(2)5-7-11/h10-11H,3-9H2,1-2H3. The molecule has 2 rings (SSSR count). The molecule has 0 saturated heterocycles. The molecule has 0 bridgehead atoms. The van der Waals surface area contributed by atoms with E-state index in [-0.39, 0.29) is 0 Å². The molecule has 1 aliphatic rings.